The molecule has 0 radical (unpaired) electrons. The first-order valence-electron chi connectivity index (χ1n) is 6.16. The molecule has 0 amide bonds. The highest BCUT2D eigenvalue weighted by molar-refractivity contribution is 6.33. The normalized spacial score (nSPS) is 10.6. The molecule has 6 nitrogen and oxygen atoms in total. The van der Waals surface area contributed by atoms with Gasteiger partial charge in [-0.3, -0.25) is 10.1 Å². The Morgan fingerprint density at radius 2 is 1.91 bits per heavy atom. The van der Waals surface area contributed by atoms with E-state index in [1.165, 1.54) is 53.5 Å². The number of aromatic nitrogens is 3. The van der Waals surface area contributed by atoms with E-state index >= 15 is 0 Å². The van der Waals surface area contributed by atoms with Crippen molar-refractivity contribution in [1.82, 2.24) is 14.8 Å². The minimum atomic E-state index is -0.515. The molecule has 0 fully saturated rings. The Balaban J connectivity index is 2.14. The van der Waals surface area contributed by atoms with Crippen LogP contribution in [-0.4, -0.2) is 19.7 Å². The number of rotatable bonds is 3. The van der Waals surface area contributed by atoms with Crippen LogP contribution >= 0.6 is 11.6 Å². The summed E-state index contributed by atoms with van der Waals surface area (Å²) in [6.07, 6.45) is 1.30. The van der Waals surface area contributed by atoms with E-state index in [4.69, 9.17) is 11.6 Å². The quantitative estimate of drug-likeness (QED) is 0.546. The van der Waals surface area contributed by atoms with Crippen molar-refractivity contribution < 1.29 is 9.31 Å². The van der Waals surface area contributed by atoms with Gasteiger partial charge in [0.15, 0.2) is 5.82 Å². The fourth-order valence-corrected chi connectivity index (χ4v) is 2.20. The molecule has 0 saturated heterocycles. The van der Waals surface area contributed by atoms with Crippen molar-refractivity contribution in [3.8, 4) is 17.1 Å². The number of hydrogen-bond donors (Lipinski definition) is 0. The number of nitrogens with zero attached hydrogens (tertiary/aromatic N) is 4. The number of non-ortho nitro benzene ring substituents is 1. The van der Waals surface area contributed by atoms with Gasteiger partial charge in [-0.15, -0.1) is 0 Å². The third-order valence-electron chi connectivity index (χ3n) is 3.02. The van der Waals surface area contributed by atoms with Gasteiger partial charge in [0.2, 0.25) is 0 Å². The lowest BCUT2D eigenvalue weighted by Crippen LogP contribution is -2.00. The second-order valence-corrected chi connectivity index (χ2v) is 4.80. The zero-order chi connectivity index (χ0) is 15.7. The van der Waals surface area contributed by atoms with Crippen molar-refractivity contribution in [2.45, 2.75) is 0 Å². The lowest BCUT2D eigenvalue weighted by Gasteiger charge is -2.07. The highest BCUT2D eigenvalue weighted by Gasteiger charge is 2.16. The molecule has 3 aromatic rings. The summed E-state index contributed by atoms with van der Waals surface area (Å²) in [5.74, 6) is -0.0425. The van der Waals surface area contributed by atoms with Crippen molar-refractivity contribution in [2.24, 2.45) is 0 Å². The molecule has 110 valence electrons. The Labute approximate surface area is 128 Å². The molecule has 0 spiro atoms. The van der Waals surface area contributed by atoms with Gasteiger partial charge >= 0.3 is 0 Å². The molecule has 0 aliphatic heterocycles. The lowest BCUT2D eigenvalue weighted by molar-refractivity contribution is -0.384. The van der Waals surface area contributed by atoms with E-state index in [2.05, 4.69) is 10.1 Å². The van der Waals surface area contributed by atoms with E-state index in [1.807, 2.05) is 0 Å². The number of nitro groups is 1. The molecule has 0 aliphatic carbocycles. The summed E-state index contributed by atoms with van der Waals surface area (Å²) < 4.78 is 14.5. The van der Waals surface area contributed by atoms with E-state index < -0.39 is 4.92 Å². The molecule has 0 saturated carbocycles. The van der Waals surface area contributed by atoms with Crippen molar-refractivity contribution in [3.63, 3.8) is 0 Å². The molecular weight excluding hydrogens is 311 g/mol. The van der Waals surface area contributed by atoms with E-state index in [9.17, 15) is 14.5 Å². The lowest BCUT2D eigenvalue weighted by atomic mass is 10.2. The Hall–Kier alpha value is -2.80. The number of hydrogen-bond acceptors (Lipinski definition) is 4. The zero-order valence-corrected chi connectivity index (χ0v) is 11.7. The molecule has 0 unspecified atom stereocenters. The maximum atomic E-state index is 13.0. The van der Waals surface area contributed by atoms with Gasteiger partial charge in [0, 0.05) is 17.7 Å². The standard InChI is InChI=1S/C14H8ClFN4O2/c15-13-6-5-11(20(21)22)7-12(13)14-17-8-18-19(14)10-3-1-9(16)2-4-10/h1-8H. The molecular formula is C14H8ClFN4O2. The Morgan fingerprint density at radius 1 is 1.18 bits per heavy atom. The molecule has 2 aromatic carbocycles. The maximum Gasteiger partial charge on any atom is 0.270 e. The third kappa shape index (κ3) is 2.53. The molecule has 0 aliphatic rings. The fraction of sp³-hybridized carbons (Fsp3) is 0. The highest BCUT2D eigenvalue weighted by Crippen LogP contribution is 2.31. The van der Waals surface area contributed by atoms with Crippen LogP contribution in [0.1, 0.15) is 0 Å². The van der Waals surface area contributed by atoms with Crippen LogP contribution in [0.15, 0.2) is 48.8 Å². The largest absolute Gasteiger partial charge is 0.270 e. The summed E-state index contributed by atoms with van der Waals surface area (Å²) in [4.78, 5) is 14.5. The molecule has 3 rings (SSSR count). The van der Waals surface area contributed by atoms with Gasteiger partial charge in [0.25, 0.3) is 5.69 Å². The number of halogens is 2. The van der Waals surface area contributed by atoms with Crippen LogP contribution in [0.3, 0.4) is 0 Å². The second kappa shape index (κ2) is 5.53. The Bertz CT molecular complexity index is 848. The molecule has 1 aromatic heterocycles. The van der Waals surface area contributed by atoms with Gasteiger partial charge < -0.3 is 0 Å². The van der Waals surface area contributed by atoms with Gasteiger partial charge in [0.05, 0.1) is 15.6 Å². The van der Waals surface area contributed by atoms with Crippen LogP contribution in [0.25, 0.3) is 17.1 Å². The van der Waals surface area contributed by atoms with Crippen LogP contribution in [0.2, 0.25) is 5.02 Å². The monoisotopic (exact) mass is 318 g/mol. The summed E-state index contributed by atoms with van der Waals surface area (Å²) in [7, 11) is 0. The van der Waals surface area contributed by atoms with Crippen LogP contribution in [0, 0.1) is 15.9 Å². The van der Waals surface area contributed by atoms with Gasteiger partial charge in [-0.25, -0.2) is 14.1 Å². The summed E-state index contributed by atoms with van der Waals surface area (Å²) in [5, 5.41) is 15.3. The second-order valence-electron chi connectivity index (χ2n) is 4.39. The van der Waals surface area contributed by atoms with Gasteiger partial charge in [-0.2, -0.15) is 5.10 Å². The SMILES string of the molecule is O=[N+]([O-])c1ccc(Cl)c(-c2ncnn2-c2ccc(F)cc2)c1. The number of benzene rings is 2. The van der Waals surface area contributed by atoms with Gasteiger partial charge in [-0.05, 0) is 30.3 Å². The maximum absolute atomic E-state index is 13.0. The number of nitro benzene ring substituents is 1. The Kier molecular flexibility index (Phi) is 3.56. The average Bonchev–Trinajstić information content (AvgIpc) is 2.97. The minimum absolute atomic E-state index is 0.104. The van der Waals surface area contributed by atoms with Crippen molar-refractivity contribution in [1.29, 1.82) is 0 Å². The van der Waals surface area contributed by atoms with Gasteiger partial charge in [-0.1, -0.05) is 11.6 Å². The molecule has 1 heterocycles. The first-order chi connectivity index (χ1) is 10.6. The van der Waals surface area contributed by atoms with Crippen molar-refractivity contribution >= 4 is 17.3 Å². The predicted octanol–water partition coefficient (Wildman–Crippen LogP) is 3.64. The van der Waals surface area contributed by atoms with Crippen LogP contribution in [-0.2, 0) is 0 Å². The molecule has 0 bridgehead atoms. The van der Waals surface area contributed by atoms with E-state index in [1.54, 1.807) is 0 Å². The average molecular weight is 319 g/mol. The minimum Gasteiger partial charge on any atom is -0.258 e. The highest BCUT2D eigenvalue weighted by atomic mass is 35.5. The first-order valence-corrected chi connectivity index (χ1v) is 6.54. The topological polar surface area (TPSA) is 73.8 Å². The summed E-state index contributed by atoms with van der Waals surface area (Å²) in [6, 6.07) is 9.69. The summed E-state index contributed by atoms with van der Waals surface area (Å²) >= 11 is 6.11. The molecule has 8 heteroatoms. The van der Waals surface area contributed by atoms with E-state index in [0.717, 1.165) is 0 Å². The van der Waals surface area contributed by atoms with Crippen LogP contribution in [0.4, 0.5) is 10.1 Å². The van der Waals surface area contributed by atoms with Crippen molar-refractivity contribution in [3.05, 3.63) is 69.7 Å². The Morgan fingerprint density at radius 3 is 2.59 bits per heavy atom. The van der Waals surface area contributed by atoms with E-state index in [-0.39, 0.29) is 11.5 Å². The van der Waals surface area contributed by atoms with Crippen LogP contribution < -0.4 is 0 Å². The summed E-state index contributed by atoms with van der Waals surface area (Å²) in [5.41, 5.74) is 0.835. The molecule has 0 N–H and O–H groups in total. The van der Waals surface area contributed by atoms with E-state index in [0.29, 0.717) is 22.1 Å². The predicted molar refractivity (Wildman–Crippen MR) is 78.4 cm³/mol. The van der Waals surface area contributed by atoms with Crippen LogP contribution in [0.5, 0.6) is 0 Å². The first kappa shape index (κ1) is 14.2. The molecule has 0 atom stereocenters. The third-order valence-corrected chi connectivity index (χ3v) is 3.35. The van der Waals surface area contributed by atoms with Gasteiger partial charge in [0.1, 0.15) is 12.1 Å². The molecule has 22 heavy (non-hydrogen) atoms. The van der Waals surface area contributed by atoms with Crippen molar-refractivity contribution in [2.75, 3.05) is 0 Å². The smallest absolute Gasteiger partial charge is 0.258 e. The zero-order valence-electron chi connectivity index (χ0n) is 11.0. The fourth-order valence-electron chi connectivity index (χ4n) is 1.99. The summed E-state index contributed by atoms with van der Waals surface area (Å²) in [6.45, 7) is 0.